The third-order valence-corrected chi connectivity index (χ3v) is 5.61. The molecule has 1 atom stereocenters. The first-order valence-electron chi connectivity index (χ1n) is 10.7. The van der Waals surface area contributed by atoms with Crippen LogP contribution in [0.2, 0.25) is 0 Å². The zero-order chi connectivity index (χ0) is 24.4. The summed E-state index contributed by atoms with van der Waals surface area (Å²) in [5, 5.41) is 2.36. The first-order chi connectivity index (χ1) is 16.3. The van der Waals surface area contributed by atoms with Gasteiger partial charge in [-0.1, -0.05) is 6.58 Å². The molecule has 1 saturated heterocycles. The SMILES string of the molecule is C=CC(=O)Nc1cc(F)c(-c2nc3cc(C)ccn3c2CC2CN(C(=O)OC)CCO2)c(F)c1. The van der Waals surface area contributed by atoms with Crippen molar-refractivity contribution in [1.82, 2.24) is 14.3 Å². The van der Waals surface area contributed by atoms with Crippen molar-refractivity contribution in [3.63, 3.8) is 0 Å². The van der Waals surface area contributed by atoms with Gasteiger partial charge < -0.3 is 24.1 Å². The molecule has 0 radical (unpaired) electrons. The maximum Gasteiger partial charge on any atom is 0.409 e. The Morgan fingerprint density at radius 1 is 1.32 bits per heavy atom. The first kappa shape index (κ1) is 23.4. The maximum absolute atomic E-state index is 15.2. The van der Waals surface area contributed by atoms with E-state index in [1.807, 2.05) is 19.1 Å². The number of aryl methyl sites for hydroxylation is 1. The van der Waals surface area contributed by atoms with Gasteiger partial charge >= 0.3 is 6.09 Å². The van der Waals surface area contributed by atoms with Crippen LogP contribution in [0.15, 0.2) is 43.1 Å². The number of amides is 2. The summed E-state index contributed by atoms with van der Waals surface area (Å²) in [4.78, 5) is 29.6. The lowest BCUT2D eigenvalue weighted by atomic mass is 10.0. The summed E-state index contributed by atoms with van der Waals surface area (Å²) in [6.07, 6.45) is 2.16. The molecular weight excluding hydrogens is 446 g/mol. The van der Waals surface area contributed by atoms with Crippen molar-refractivity contribution in [3.05, 3.63) is 66.0 Å². The number of carbonyl (C=O) groups is 2. The number of hydrogen-bond acceptors (Lipinski definition) is 5. The van der Waals surface area contributed by atoms with Crippen LogP contribution < -0.4 is 5.32 Å². The summed E-state index contributed by atoms with van der Waals surface area (Å²) >= 11 is 0. The number of methoxy groups -OCH3 is 1. The molecule has 0 saturated carbocycles. The summed E-state index contributed by atoms with van der Waals surface area (Å²) in [5.74, 6) is -2.33. The van der Waals surface area contributed by atoms with Gasteiger partial charge in [-0.2, -0.15) is 0 Å². The normalized spacial score (nSPS) is 15.9. The molecular formula is C24H24F2N4O4. The van der Waals surface area contributed by atoms with E-state index in [9.17, 15) is 9.59 Å². The number of hydrogen-bond donors (Lipinski definition) is 1. The number of pyridine rings is 1. The predicted octanol–water partition coefficient (Wildman–Crippen LogP) is 3.72. The summed E-state index contributed by atoms with van der Waals surface area (Å²) in [6, 6.07) is 5.75. The summed E-state index contributed by atoms with van der Waals surface area (Å²) in [5.41, 5.74) is 1.77. The van der Waals surface area contributed by atoms with Crippen LogP contribution in [0.4, 0.5) is 19.3 Å². The Bertz CT molecular complexity index is 1250. The van der Waals surface area contributed by atoms with E-state index in [1.54, 1.807) is 10.6 Å². The molecule has 2 aromatic heterocycles. The topological polar surface area (TPSA) is 85.2 Å². The highest BCUT2D eigenvalue weighted by molar-refractivity contribution is 5.99. The molecule has 3 heterocycles. The Morgan fingerprint density at radius 3 is 2.74 bits per heavy atom. The monoisotopic (exact) mass is 470 g/mol. The lowest BCUT2D eigenvalue weighted by Crippen LogP contribution is -2.46. The quantitative estimate of drug-likeness (QED) is 0.575. The third-order valence-electron chi connectivity index (χ3n) is 5.61. The molecule has 1 unspecified atom stereocenters. The molecule has 1 aliphatic rings. The predicted molar refractivity (Wildman–Crippen MR) is 122 cm³/mol. The number of halogens is 2. The molecule has 1 N–H and O–H groups in total. The van der Waals surface area contributed by atoms with Crippen molar-refractivity contribution in [1.29, 1.82) is 0 Å². The Balaban J connectivity index is 1.77. The van der Waals surface area contributed by atoms with Crippen LogP contribution in [0.3, 0.4) is 0 Å². The van der Waals surface area contributed by atoms with Crippen LogP contribution in [0.1, 0.15) is 11.3 Å². The van der Waals surface area contributed by atoms with E-state index in [0.717, 1.165) is 23.8 Å². The van der Waals surface area contributed by atoms with Gasteiger partial charge in [0.2, 0.25) is 5.91 Å². The van der Waals surface area contributed by atoms with Crippen molar-refractivity contribution in [2.24, 2.45) is 0 Å². The van der Waals surface area contributed by atoms with Gasteiger partial charge in [0.15, 0.2) is 0 Å². The smallest absolute Gasteiger partial charge is 0.409 e. The minimum absolute atomic E-state index is 0.0332. The minimum Gasteiger partial charge on any atom is -0.453 e. The van der Waals surface area contributed by atoms with Crippen molar-refractivity contribution >= 4 is 23.3 Å². The number of nitrogens with one attached hydrogen (secondary N) is 1. The van der Waals surface area contributed by atoms with E-state index < -0.39 is 29.7 Å². The van der Waals surface area contributed by atoms with Crippen LogP contribution in [0.25, 0.3) is 16.9 Å². The van der Waals surface area contributed by atoms with Crippen LogP contribution in [-0.4, -0.2) is 59.2 Å². The van der Waals surface area contributed by atoms with Gasteiger partial charge in [-0.05, 0) is 42.8 Å². The maximum atomic E-state index is 15.2. The van der Waals surface area contributed by atoms with Gasteiger partial charge in [-0.25, -0.2) is 18.6 Å². The second-order valence-electron chi connectivity index (χ2n) is 7.96. The van der Waals surface area contributed by atoms with Crippen molar-refractivity contribution in [3.8, 4) is 11.3 Å². The molecule has 1 aromatic carbocycles. The Hall–Kier alpha value is -3.79. The van der Waals surface area contributed by atoms with Crippen molar-refractivity contribution < 1.29 is 27.8 Å². The fourth-order valence-electron chi connectivity index (χ4n) is 4.01. The standard InChI is InChI=1S/C24H24F2N4O4/c1-4-21(31)27-15-10-17(25)22(18(26)11-15)23-19(30-6-5-14(2)9-20(30)28-23)12-16-13-29(7-8-34-16)24(32)33-3/h4-6,9-11,16H,1,7-8,12-13H2,2-3H3,(H,27,31). The van der Waals surface area contributed by atoms with E-state index in [1.165, 1.54) is 12.0 Å². The molecule has 178 valence electrons. The number of morpholine rings is 1. The van der Waals surface area contributed by atoms with E-state index in [-0.39, 0.29) is 29.9 Å². The van der Waals surface area contributed by atoms with Crippen LogP contribution in [0.5, 0.6) is 0 Å². The summed E-state index contributed by atoms with van der Waals surface area (Å²) in [6.45, 7) is 6.19. The van der Waals surface area contributed by atoms with Gasteiger partial charge in [-0.3, -0.25) is 4.79 Å². The number of ether oxygens (including phenoxy) is 2. The molecule has 1 fully saturated rings. The average molecular weight is 470 g/mol. The number of anilines is 1. The molecule has 3 aromatic rings. The molecule has 10 heteroatoms. The highest BCUT2D eigenvalue weighted by atomic mass is 19.1. The highest BCUT2D eigenvalue weighted by Gasteiger charge is 2.29. The molecule has 0 bridgehead atoms. The summed E-state index contributed by atoms with van der Waals surface area (Å²) < 4.78 is 42.7. The molecule has 8 nitrogen and oxygen atoms in total. The van der Waals surface area contributed by atoms with Crippen LogP contribution in [-0.2, 0) is 20.7 Å². The van der Waals surface area contributed by atoms with E-state index in [0.29, 0.717) is 24.5 Å². The molecule has 2 amide bonds. The molecule has 0 aliphatic carbocycles. The molecule has 0 spiro atoms. The van der Waals surface area contributed by atoms with Gasteiger partial charge in [0.05, 0.1) is 43.3 Å². The highest BCUT2D eigenvalue weighted by Crippen LogP contribution is 2.33. The van der Waals surface area contributed by atoms with E-state index >= 15 is 8.78 Å². The number of imidazole rings is 1. The molecule has 4 rings (SSSR count). The van der Waals surface area contributed by atoms with Crippen LogP contribution in [0, 0.1) is 18.6 Å². The minimum atomic E-state index is -0.874. The Kier molecular flexibility index (Phi) is 6.60. The number of fused-ring (bicyclic) bond motifs is 1. The first-order valence-corrected chi connectivity index (χ1v) is 10.7. The fraction of sp³-hybridized carbons (Fsp3) is 0.292. The van der Waals surface area contributed by atoms with Gasteiger partial charge in [0.1, 0.15) is 17.3 Å². The lowest BCUT2D eigenvalue weighted by Gasteiger charge is -2.32. The lowest BCUT2D eigenvalue weighted by molar-refractivity contribution is -0.111. The van der Waals surface area contributed by atoms with Crippen LogP contribution >= 0.6 is 0 Å². The number of aromatic nitrogens is 2. The van der Waals surface area contributed by atoms with Gasteiger partial charge in [0.25, 0.3) is 0 Å². The fourth-order valence-corrected chi connectivity index (χ4v) is 4.01. The zero-order valence-corrected chi connectivity index (χ0v) is 18.8. The second-order valence-corrected chi connectivity index (χ2v) is 7.96. The number of benzene rings is 1. The summed E-state index contributed by atoms with van der Waals surface area (Å²) in [7, 11) is 1.31. The zero-order valence-electron chi connectivity index (χ0n) is 18.8. The van der Waals surface area contributed by atoms with E-state index in [4.69, 9.17) is 9.47 Å². The van der Waals surface area contributed by atoms with E-state index in [2.05, 4.69) is 16.9 Å². The van der Waals surface area contributed by atoms with Crippen molar-refractivity contribution in [2.45, 2.75) is 19.4 Å². The van der Waals surface area contributed by atoms with Gasteiger partial charge in [0, 0.05) is 24.8 Å². The largest absolute Gasteiger partial charge is 0.453 e. The number of rotatable bonds is 5. The molecule has 1 aliphatic heterocycles. The van der Waals surface area contributed by atoms with Crippen molar-refractivity contribution in [2.75, 3.05) is 32.1 Å². The third kappa shape index (κ3) is 4.62. The Labute approximate surface area is 194 Å². The van der Waals surface area contributed by atoms with Gasteiger partial charge in [-0.15, -0.1) is 0 Å². The Morgan fingerprint density at radius 2 is 2.06 bits per heavy atom. The number of nitrogens with zero attached hydrogens (tertiary/aromatic N) is 3. The molecule has 34 heavy (non-hydrogen) atoms. The average Bonchev–Trinajstić information content (AvgIpc) is 3.14. The second kappa shape index (κ2) is 9.60. The number of carbonyl (C=O) groups excluding carboxylic acids is 2.